The minimum absolute atomic E-state index is 0.0310. The number of hydrogen-bond donors (Lipinski definition) is 3. The summed E-state index contributed by atoms with van der Waals surface area (Å²) in [5.41, 5.74) is 2.34. The van der Waals surface area contributed by atoms with Crippen molar-refractivity contribution in [3.63, 3.8) is 0 Å². The molecule has 10 nitrogen and oxygen atoms in total. The third-order valence-corrected chi connectivity index (χ3v) is 6.93. The average molecular weight is 631 g/mol. The second kappa shape index (κ2) is 24.1. The minimum atomic E-state index is -0.543. The van der Waals surface area contributed by atoms with E-state index in [1.54, 1.807) is 40.2 Å². The Balaban J connectivity index is 0.000000450. The highest BCUT2D eigenvalue weighted by Crippen LogP contribution is 2.15. The van der Waals surface area contributed by atoms with Gasteiger partial charge >= 0.3 is 0 Å². The van der Waals surface area contributed by atoms with Gasteiger partial charge in [0.15, 0.2) is 0 Å². The molecule has 2 atom stereocenters. The number of benzene rings is 2. The molecule has 0 aliphatic carbocycles. The molecule has 0 aliphatic rings. The molecule has 0 aromatic heterocycles. The molecular weight excluding hydrogens is 572 g/mol. The number of methoxy groups -OCH3 is 1. The Morgan fingerprint density at radius 1 is 0.756 bits per heavy atom. The van der Waals surface area contributed by atoms with Gasteiger partial charge in [0, 0.05) is 35.3 Å². The maximum atomic E-state index is 12.0. The molecule has 254 valence electrons. The lowest BCUT2D eigenvalue weighted by Gasteiger charge is -2.21. The lowest BCUT2D eigenvalue weighted by molar-refractivity contribution is -0.132. The van der Waals surface area contributed by atoms with Gasteiger partial charge in [-0.15, -0.1) is 0 Å². The SMILES string of the molecule is CCCCOc1cccc(CCNC(CO)C(=O)N(C)C)c1.CCCCOc1cccc(CCNC(COC)C(=O)N(C)C)c1. The zero-order valence-electron chi connectivity index (χ0n) is 28.6. The molecule has 2 rings (SSSR count). The molecule has 0 bridgehead atoms. The van der Waals surface area contributed by atoms with Gasteiger partial charge in [0.25, 0.3) is 0 Å². The molecule has 2 unspecified atom stereocenters. The van der Waals surface area contributed by atoms with Crippen LogP contribution in [0, 0.1) is 0 Å². The van der Waals surface area contributed by atoms with E-state index in [0.29, 0.717) is 19.7 Å². The van der Waals surface area contributed by atoms with Crippen LogP contribution in [0.4, 0.5) is 0 Å². The summed E-state index contributed by atoms with van der Waals surface area (Å²) in [7, 11) is 8.48. The fourth-order valence-electron chi connectivity index (χ4n) is 4.27. The molecule has 0 aliphatic heterocycles. The van der Waals surface area contributed by atoms with Crippen LogP contribution in [0.15, 0.2) is 48.5 Å². The van der Waals surface area contributed by atoms with E-state index in [0.717, 1.165) is 68.8 Å². The summed E-state index contributed by atoms with van der Waals surface area (Å²) in [6.07, 6.45) is 5.98. The molecule has 2 aromatic carbocycles. The Bertz CT molecular complexity index is 1080. The fourth-order valence-corrected chi connectivity index (χ4v) is 4.27. The molecule has 45 heavy (non-hydrogen) atoms. The largest absolute Gasteiger partial charge is 0.494 e. The van der Waals surface area contributed by atoms with Crippen molar-refractivity contribution in [1.82, 2.24) is 20.4 Å². The highest BCUT2D eigenvalue weighted by molar-refractivity contribution is 5.81. The van der Waals surface area contributed by atoms with E-state index in [1.165, 1.54) is 10.5 Å². The molecule has 0 fully saturated rings. The number of nitrogens with one attached hydrogen (secondary N) is 2. The number of amides is 2. The van der Waals surface area contributed by atoms with Crippen molar-refractivity contribution in [1.29, 1.82) is 0 Å². The molecular formula is C35H58N4O6. The normalized spacial score (nSPS) is 12.0. The van der Waals surface area contributed by atoms with Crippen LogP contribution in [-0.4, -0.2) is 114 Å². The van der Waals surface area contributed by atoms with Gasteiger partial charge in [-0.2, -0.15) is 0 Å². The molecule has 2 amide bonds. The number of rotatable bonds is 21. The summed E-state index contributed by atoms with van der Waals surface area (Å²) < 4.78 is 16.5. The van der Waals surface area contributed by atoms with E-state index >= 15 is 0 Å². The Kier molecular flexibility index (Phi) is 21.3. The quantitative estimate of drug-likeness (QED) is 0.180. The molecule has 0 saturated heterocycles. The van der Waals surface area contributed by atoms with E-state index in [1.807, 2.05) is 36.4 Å². The highest BCUT2D eigenvalue weighted by Gasteiger charge is 2.19. The van der Waals surface area contributed by atoms with E-state index in [2.05, 4.69) is 36.6 Å². The molecule has 0 heterocycles. The predicted octanol–water partition coefficient (Wildman–Crippen LogP) is 3.55. The van der Waals surface area contributed by atoms with Crippen molar-refractivity contribution in [3.8, 4) is 11.5 Å². The van der Waals surface area contributed by atoms with Crippen molar-refractivity contribution in [2.24, 2.45) is 0 Å². The number of nitrogens with zero attached hydrogens (tertiary/aromatic N) is 2. The van der Waals surface area contributed by atoms with Crippen molar-refractivity contribution in [3.05, 3.63) is 59.7 Å². The molecule has 3 N–H and O–H groups in total. The first-order valence-electron chi connectivity index (χ1n) is 16.1. The molecule has 0 radical (unpaired) electrons. The summed E-state index contributed by atoms with van der Waals surface area (Å²) >= 11 is 0. The Morgan fingerprint density at radius 3 is 1.60 bits per heavy atom. The zero-order valence-corrected chi connectivity index (χ0v) is 28.6. The van der Waals surface area contributed by atoms with E-state index in [4.69, 9.17) is 14.2 Å². The highest BCUT2D eigenvalue weighted by atomic mass is 16.5. The van der Waals surface area contributed by atoms with Crippen LogP contribution in [-0.2, 0) is 27.2 Å². The number of carbonyl (C=O) groups excluding carboxylic acids is 2. The van der Waals surface area contributed by atoms with E-state index in [-0.39, 0.29) is 24.5 Å². The zero-order chi connectivity index (χ0) is 33.5. The first-order chi connectivity index (χ1) is 21.7. The predicted molar refractivity (Wildman–Crippen MR) is 181 cm³/mol. The van der Waals surface area contributed by atoms with Gasteiger partial charge in [-0.1, -0.05) is 51.0 Å². The number of likely N-dealkylation sites (N-methyl/N-ethyl adjacent to an activating group) is 2. The van der Waals surface area contributed by atoms with E-state index in [9.17, 15) is 14.7 Å². The number of unbranched alkanes of at least 4 members (excludes halogenated alkanes) is 2. The van der Waals surface area contributed by atoms with Crippen LogP contribution in [0.25, 0.3) is 0 Å². The van der Waals surface area contributed by atoms with Crippen LogP contribution in [0.1, 0.15) is 50.7 Å². The average Bonchev–Trinajstić information content (AvgIpc) is 3.03. The topological polar surface area (TPSA) is 113 Å². The Labute approximate surface area is 271 Å². The second-order valence-electron chi connectivity index (χ2n) is 11.3. The lowest BCUT2D eigenvalue weighted by Crippen LogP contribution is -2.47. The van der Waals surface area contributed by atoms with Gasteiger partial charge in [0.05, 0.1) is 26.4 Å². The van der Waals surface area contributed by atoms with E-state index < -0.39 is 6.04 Å². The first-order valence-corrected chi connectivity index (χ1v) is 16.1. The monoisotopic (exact) mass is 630 g/mol. The molecule has 10 heteroatoms. The van der Waals surface area contributed by atoms with Crippen molar-refractivity contribution >= 4 is 11.8 Å². The third kappa shape index (κ3) is 17.2. The number of aliphatic hydroxyl groups is 1. The number of carbonyl (C=O) groups is 2. The summed E-state index contributed by atoms with van der Waals surface area (Å²) in [5, 5.41) is 15.6. The minimum Gasteiger partial charge on any atom is -0.494 e. The summed E-state index contributed by atoms with van der Waals surface area (Å²) in [6, 6.07) is 15.3. The molecule has 0 spiro atoms. The van der Waals surface area contributed by atoms with Crippen LogP contribution in [0.3, 0.4) is 0 Å². The standard InChI is InChI=1S/C18H30N2O3.C17H28N2O3/c1-5-6-12-23-16-9-7-8-15(13-16)10-11-19-17(14-22-4)18(21)20(2)3;1-4-5-11-22-15-8-6-7-14(12-15)9-10-18-16(13-20)17(21)19(2)3/h7-9,13,17,19H,5-6,10-12,14H2,1-4H3;6-8,12,16,18,20H,4-5,9-11,13H2,1-3H3. The summed E-state index contributed by atoms with van der Waals surface area (Å²) in [4.78, 5) is 26.9. The van der Waals surface area contributed by atoms with Gasteiger partial charge in [-0.05, 0) is 74.2 Å². The van der Waals surface area contributed by atoms with Crippen LogP contribution in [0.2, 0.25) is 0 Å². The van der Waals surface area contributed by atoms with Crippen LogP contribution >= 0.6 is 0 Å². The number of hydrogen-bond acceptors (Lipinski definition) is 8. The number of ether oxygens (including phenoxy) is 3. The van der Waals surface area contributed by atoms with Crippen LogP contribution in [0.5, 0.6) is 11.5 Å². The van der Waals surface area contributed by atoms with Gasteiger partial charge < -0.3 is 39.8 Å². The summed E-state index contributed by atoms with van der Waals surface area (Å²) in [5.74, 6) is 1.71. The van der Waals surface area contributed by atoms with Crippen molar-refractivity contribution in [2.45, 2.75) is 64.5 Å². The maximum absolute atomic E-state index is 12.0. The Morgan fingerprint density at radius 2 is 1.20 bits per heavy atom. The van der Waals surface area contributed by atoms with Gasteiger partial charge in [0.2, 0.25) is 11.8 Å². The van der Waals surface area contributed by atoms with Gasteiger partial charge in [0.1, 0.15) is 23.6 Å². The first kappa shape index (κ1) is 39.8. The van der Waals surface area contributed by atoms with Crippen molar-refractivity contribution < 1.29 is 28.9 Å². The number of aliphatic hydroxyl groups excluding tert-OH is 1. The van der Waals surface area contributed by atoms with Gasteiger partial charge in [-0.3, -0.25) is 9.59 Å². The van der Waals surface area contributed by atoms with Crippen molar-refractivity contribution in [2.75, 3.05) is 74.8 Å². The maximum Gasteiger partial charge on any atom is 0.241 e. The molecule has 0 saturated carbocycles. The second-order valence-corrected chi connectivity index (χ2v) is 11.3. The Hall–Kier alpha value is -3.18. The molecule has 2 aromatic rings. The fraction of sp³-hybridized carbons (Fsp3) is 0.600. The van der Waals surface area contributed by atoms with Crippen LogP contribution < -0.4 is 20.1 Å². The lowest BCUT2D eigenvalue weighted by atomic mass is 10.1. The third-order valence-electron chi connectivity index (χ3n) is 6.93. The smallest absolute Gasteiger partial charge is 0.241 e. The van der Waals surface area contributed by atoms with Gasteiger partial charge in [-0.25, -0.2) is 0 Å². The summed E-state index contributed by atoms with van der Waals surface area (Å²) in [6.45, 7) is 7.30.